The van der Waals surface area contributed by atoms with E-state index in [0.29, 0.717) is 0 Å². The zero-order valence-corrected chi connectivity index (χ0v) is 10.5. The lowest BCUT2D eigenvalue weighted by atomic mass is 10.1. The SMILES string of the molecule is C1=CCCCCCCCCCC/C=C\C=C\1. The predicted octanol–water partition coefficient (Wildman–Crippen LogP) is 5.57. The second-order valence-electron chi connectivity index (χ2n) is 4.65. The van der Waals surface area contributed by atoms with Crippen molar-refractivity contribution in [2.45, 2.75) is 64.2 Å². The van der Waals surface area contributed by atoms with E-state index < -0.39 is 0 Å². The average Bonchev–Trinajstić information content (AvgIpc) is 2.29. The summed E-state index contributed by atoms with van der Waals surface area (Å²) in [6.45, 7) is 0. The molecule has 0 saturated carbocycles. The van der Waals surface area contributed by atoms with Crippen molar-refractivity contribution < 1.29 is 0 Å². The Hall–Kier alpha value is -0.780. The second-order valence-corrected chi connectivity index (χ2v) is 4.65. The average molecular weight is 218 g/mol. The molecule has 0 aliphatic heterocycles. The van der Waals surface area contributed by atoms with Gasteiger partial charge in [-0.1, -0.05) is 75.0 Å². The van der Waals surface area contributed by atoms with Gasteiger partial charge in [-0.25, -0.2) is 0 Å². The highest BCUT2D eigenvalue weighted by Gasteiger charge is 1.91. The van der Waals surface area contributed by atoms with E-state index in [4.69, 9.17) is 0 Å². The van der Waals surface area contributed by atoms with Crippen LogP contribution < -0.4 is 0 Å². The molecule has 0 radical (unpaired) electrons. The third-order valence-corrected chi connectivity index (χ3v) is 3.10. The van der Waals surface area contributed by atoms with Crippen LogP contribution in [0.2, 0.25) is 0 Å². The summed E-state index contributed by atoms with van der Waals surface area (Å²) in [5.74, 6) is 0. The third-order valence-electron chi connectivity index (χ3n) is 3.10. The lowest BCUT2D eigenvalue weighted by molar-refractivity contribution is 0.571. The molecule has 0 heterocycles. The van der Waals surface area contributed by atoms with E-state index >= 15 is 0 Å². The lowest BCUT2D eigenvalue weighted by Gasteiger charge is -2.00. The smallest absolute Gasteiger partial charge is 0.0348 e. The minimum absolute atomic E-state index is 1.24. The van der Waals surface area contributed by atoms with Gasteiger partial charge in [0.1, 0.15) is 0 Å². The van der Waals surface area contributed by atoms with E-state index in [1.165, 1.54) is 64.2 Å². The van der Waals surface area contributed by atoms with E-state index in [1.54, 1.807) is 0 Å². The van der Waals surface area contributed by atoms with Gasteiger partial charge in [0.05, 0.1) is 0 Å². The highest BCUT2D eigenvalue weighted by molar-refractivity contribution is 5.10. The van der Waals surface area contributed by atoms with E-state index in [9.17, 15) is 0 Å². The van der Waals surface area contributed by atoms with Crippen LogP contribution >= 0.6 is 0 Å². The molecule has 0 spiro atoms. The summed E-state index contributed by atoms with van der Waals surface area (Å²) >= 11 is 0. The third kappa shape index (κ3) is 8.52. The molecule has 0 aromatic rings. The molecular formula is C16H26. The molecule has 0 aromatic carbocycles. The molecule has 1 rings (SSSR count). The first-order valence-corrected chi connectivity index (χ1v) is 6.98. The summed E-state index contributed by atoms with van der Waals surface area (Å²) in [6.07, 6.45) is 27.0. The predicted molar refractivity (Wildman–Crippen MR) is 73.6 cm³/mol. The van der Waals surface area contributed by atoms with Crippen LogP contribution in [0.3, 0.4) is 0 Å². The molecule has 1 aliphatic rings. The Balaban J connectivity index is 2.23. The molecule has 16 heavy (non-hydrogen) atoms. The van der Waals surface area contributed by atoms with Crippen LogP contribution in [0.1, 0.15) is 64.2 Å². The van der Waals surface area contributed by atoms with Crippen LogP contribution in [0.25, 0.3) is 0 Å². The summed E-state index contributed by atoms with van der Waals surface area (Å²) in [5.41, 5.74) is 0. The van der Waals surface area contributed by atoms with Crippen molar-refractivity contribution in [1.82, 2.24) is 0 Å². The Kier molecular flexibility index (Phi) is 8.91. The summed E-state index contributed by atoms with van der Waals surface area (Å²) in [4.78, 5) is 0. The van der Waals surface area contributed by atoms with Crippen molar-refractivity contribution in [3.63, 3.8) is 0 Å². The minimum atomic E-state index is 1.24. The highest BCUT2D eigenvalue weighted by atomic mass is 14.0. The second kappa shape index (κ2) is 10.7. The first kappa shape index (κ1) is 13.3. The summed E-state index contributed by atoms with van der Waals surface area (Å²) < 4.78 is 0. The number of hydrogen-bond donors (Lipinski definition) is 0. The molecule has 0 unspecified atom stereocenters. The van der Waals surface area contributed by atoms with Gasteiger partial charge < -0.3 is 0 Å². The van der Waals surface area contributed by atoms with E-state index in [-0.39, 0.29) is 0 Å². The van der Waals surface area contributed by atoms with Gasteiger partial charge in [-0.2, -0.15) is 0 Å². The summed E-state index contributed by atoms with van der Waals surface area (Å²) in [5, 5.41) is 0. The first-order valence-electron chi connectivity index (χ1n) is 6.98. The van der Waals surface area contributed by atoms with Gasteiger partial charge in [-0.3, -0.25) is 0 Å². The molecule has 0 heteroatoms. The summed E-state index contributed by atoms with van der Waals surface area (Å²) in [6, 6.07) is 0. The van der Waals surface area contributed by atoms with Gasteiger partial charge >= 0.3 is 0 Å². The maximum absolute atomic E-state index is 2.29. The summed E-state index contributed by atoms with van der Waals surface area (Å²) in [7, 11) is 0. The topological polar surface area (TPSA) is 0 Å². The van der Waals surface area contributed by atoms with Crippen LogP contribution in [0.5, 0.6) is 0 Å². The Labute approximate surface area is 101 Å². The first-order chi connectivity index (χ1) is 8.00. The lowest BCUT2D eigenvalue weighted by Crippen LogP contribution is -1.81. The Morgan fingerprint density at radius 1 is 0.375 bits per heavy atom. The maximum atomic E-state index is 2.29. The number of allylic oxidation sites excluding steroid dienone is 6. The molecule has 1 aliphatic carbocycles. The fourth-order valence-electron chi connectivity index (χ4n) is 2.06. The number of rotatable bonds is 0. The largest absolute Gasteiger partial charge is 0.0845 e. The fraction of sp³-hybridized carbons (Fsp3) is 0.625. The quantitative estimate of drug-likeness (QED) is 0.498. The van der Waals surface area contributed by atoms with Crippen molar-refractivity contribution in [3.8, 4) is 0 Å². The van der Waals surface area contributed by atoms with Crippen molar-refractivity contribution in [2.75, 3.05) is 0 Å². The Bertz CT molecular complexity index is 196. The minimum Gasteiger partial charge on any atom is -0.0845 e. The Morgan fingerprint density at radius 3 is 1.19 bits per heavy atom. The van der Waals surface area contributed by atoms with E-state index in [1.807, 2.05) is 0 Å². The standard InChI is InChI=1S/C16H26/c1-2-4-6-8-10-12-14-16-15-13-11-9-7-5-3-1/h1-6H,7-16H2/b2-1+,5-3-,6-4?. The van der Waals surface area contributed by atoms with Gasteiger partial charge in [0.25, 0.3) is 0 Å². The van der Waals surface area contributed by atoms with Gasteiger partial charge in [0.2, 0.25) is 0 Å². The molecule has 0 aromatic heterocycles. The van der Waals surface area contributed by atoms with Gasteiger partial charge in [-0.05, 0) is 25.7 Å². The molecule has 0 N–H and O–H groups in total. The van der Waals surface area contributed by atoms with Crippen molar-refractivity contribution in [2.24, 2.45) is 0 Å². The monoisotopic (exact) mass is 218 g/mol. The van der Waals surface area contributed by atoms with Crippen molar-refractivity contribution >= 4 is 0 Å². The number of hydrogen-bond acceptors (Lipinski definition) is 0. The molecule has 0 atom stereocenters. The highest BCUT2D eigenvalue weighted by Crippen LogP contribution is 2.11. The van der Waals surface area contributed by atoms with Crippen LogP contribution in [0, 0.1) is 0 Å². The van der Waals surface area contributed by atoms with Gasteiger partial charge in [-0.15, -0.1) is 0 Å². The van der Waals surface area contributed by atoms with Crippen molar-refractivity contribution in [3.05, 3.63) is 36.5 Å². The molecule has 90 valence electrons. The van der Waals surface area contributed by atoms with Gasteiger partial charge in [0, 0.05) is 0 Å². The molecule has 0 nitrogen and oxygen atoms in total. The van der Waals surface area contributed by atoms with Crippen LogP contribution in [0.15, 0.2) is 36.5 Å². The zero-order valence-electron chi connectivity index (χ0n) is 10.5. The van der Waals surface area contributed by atoms with Gasteiger partial charge in [0.15, 0.2) is 0 Å². The zero-order chi connectivity index (χ0) is 11.3. The molecule has 0 fully saturated rings. The van der Waals surface area contributed by atoms with Crippen LogP contribution in [0.4, 0.5) is 0 Å². The fourth-order valence-corrected chi connectivity index (χ4v) is 2.06. The van der Waals surface area contributed by atoms with Crippen molar-refractivity contribution in [1.29, 1.82) is 0 Å². The molecule has 0 bridgehead atoms. The maximum Gasteiger partial charge on any atom is -0.0348 e. The molecule has 0 amide bonds. The normalized spacial score (nSPS) is 25.0. The van der Waals surface area contributed by atoms with Crippen LogP contribution in [-0.2, 0) is 0 Å². The molecule has 0 saturated heterocycles. The Morgan fingerprint density at radius 2 is 0.750 bits per heavy atom. The molecular weight excluding hydrogens is 192 g/mol. The van der Waals surface area contributed by atoms with Crippen LogP contribution in [-0.4, -0.2) is 0 Å². The van der Waals surface area contributed by atoms with E-state index in [2.05, 4.69) is 36.5 Å². The van der Waals surface area contributed by atoms with E-state index in [0.717, 1.165) is 0 Å².